The van der Waals surface area contributed by atoms with E-state index in [1.54, 1.807) is 13.8 Å². The van der Waals surface area contributed by atoms with Crippen molar-refractivity contribution in [3.05, 3.63) is 0 Å². The van der Waals surface area contributed by atoms with E-state index in [0.717, 1.165) is 0 Å². The van der Waals surface area contributed by atoms with E-state index in [4.69, 9.17) is 16.6 Å². The lowest BCUT2D eigenvalue weighted by Gasteiger charge is -2.27. The van der Waals surface area contributed by atoms with E-state index in [1.807, 2.05) is 13.8 Å². The first-order valence-corrected chi connectivity index (χ1v) is 11.0. The second kappa shape index (κ2) is 14.8. The number of carboxylic acids is 2. The van der Waals surface area contributed by atoms with Crippen LogP contribution >= 0.6 is 0 Å². The van der Waals surface area contributed by atoms with Crippen LogP contribution in [-0.4, -0.2) is 69.9 Å². The van der Waals surface area contributed by atoms with Crippen LogP contribution in [0.2, 0.25) is 0 Å². The second-order valence-corrected chi connectivity index (χ2v) is 8.86. The maximum absolute atomic E-state index is 12.9. The summed E-state index contributed by atoms with van der Waals surface area (Å²) in [5.41, 5.74) is 10.8. The first-order chi connectivity index (χ1) is 15.6. The molecule has 0 aromatic heterocycles. The Hall–Kier alpha value is -3.22. The quantitative estimate of drug-likeness (QED) is 0.137. The molecule has 0 saturated heterocycles. The SMILES string of the molecule is CC(C)CC(NC(=O)C(N)CCC(=O)O)C(=O)NC(C(=O)NC(CCC(N)=O)C(=O)O)C(C)C. The number of carbonyl (C=O) groups excluding carboxylic acids is 4. The van der Waals surface area contributed by atoms with Crippen molar-refractivity contribution < 1.29 is 39.0 Å². The highest BCUT2D eigenvalue weighted by atomic mass is 16.4. The molecule has 13 nitrogen and oxygen atoms in total. The highest BCUT2D eigenvalue weighted by molar-refractivity contribution is 5.94. The number of nitrogens with two attached hydrogens (primary N) is 2. The molecule has 0 aromatic rings. The number of nitrogens with one attached hydrogen (secondary N) is 3. The largest absolute Gasteiger partial charge is 0.481 e. The molecular formula is C21H37N5O8. The molecule has 0 aliphatic rings. The lowest BCUT2D eigenvalue weighted by Crippen LogP contribution is -2.58. The monoisotopic (exact) mass is 487 g/mol. The summed E-state index contributed by atoms with van der Waals surface area (Å²) in [5, 5.41) is 25.4. The zero-order valence-electron chi connectivity index (χ0n) is 20.0. The molecule has 0 bridgehead atoms. The smallest absolute Gasteiger partial charge is 0.326 e. The summed E-state index contributed by atoms with van der Waals surface area (Å²) in [4.78, 5) is 71.1. The molecular weight excluding hydrogens is 450 g/mol. The molecule has 0 radical (unpaired) electrons. The summed E-state index contributed by atoms with van der Waals surface area (Å²) >= 11 is 0. The van der Waals surface area contributed by atoms with Crippen LogP contribution in [0.25, 0.3) is 0 Å². The lowest BCUT2D eigenvalue weighted by molar-refractivity contribution is -0.143. The molecule has 0 fully saturated rings. The minimum absolute atomic E-state index is 0.0252. The number of amides is 4. The first kappa shape index (κ1) is 30.8. The molecule has 4 amide bonds. The molecule has 0 spiro atoms. The van der Waals surface area contributed by atoms with Crippen molar-refractivity contribution in [3.63, 3.8) is 0 Å². The van der Waals surface area contributed by atoms with Crippen LogP contribution in [0.5, 0.6) is 0 Å². The van der Waals surface area contributed by atoms with E-state index in [-0.39, 0.29) is 38.0 Å². The summed E-state index contributed by atoms with van der Waals surface area (Å²) in [5.74, 6) is -5.80. The number of rotatable bonds is 16. The number of primary amides is 1. The van der Waals surface area contributed by atoms with Crippen LogP contribution in [0, 0.1) is 11.8 Å². The predicted octanol–water partition coefficient (Wildman–Crippen LogP) is -1.31. The molecule has 9 N–H and O–H groups in total. The van der Waals surface area contributed by atoms with Gasteiger partial charge in [0.05, 0.1) is 6.04 Å². The molecule has 34 heavy (non-hydrogen) atoms. The van der Waals surface area contributed by atoms with E-state index in [1.165, 1.54) is 0 Å². The van der Waals surface area contributed by atoms with Gasteiger partial charge in [-0.15, -0.1) is 0 Å². The first-order valence-electron chi connectivity index (χ1n) is 11.0. The zero-order chi connectivity index (χ0) is 26.6. The van der Waals surface area contributed by atoms with Crippen molar-refractivity contribution in [2.45, 2.75) is 84.0 Å². The molecule has 0 heterocycles. The maximum atomic E-state index is 12.9. The highest BCUT2D eigenvalue weighted by Gasteiger charge is 2.32. The highest BCUT2D eigenvalue weighted by Crippen LogP contribution is 2.10. The van der Waals surface area contributed by atoms with Gasteiger partial charge in [0.1, 0.15) is 18.1 Å². The van der Waals surface area contributed by atoms with Crippen molar-refractivity contribution in [1.29, 1.82) is 0 Å². The number of carboxylic acid groups (broad SMARTS) is 2. The van der Waals surface area contributed by atoms with Crippen molar-refractivity contribution in [1.82, 2.24) is 16.0 Å². The van der Waals surface area contributed by atoms with Crippen LogP contribution in [0.4, 0.5) is 0 Å². The number of aliphatic carboxylic acids is 2. The number of hydrogen-bond acceptors (Lipinski definition) is 7. The Morgan fingerprint density at radius 2 is 1.32 bits per heavy atom. The molecule has 4 unspecified atom stereocenters. The van der Waals surface area contributed by atoms with E-state index in [0.29, 0.717) is 0 Å². The minimum Gasteiger partial charge on any atom is -0.481 e. The number of hydrogen-bond donors (Lipinski definition) is 7. The average Bonchev–Trinajstić information content (AvgIpc) is 2.71. The summed E-state index contributed by atoms with van der Waals surface area (Å²) in [6.07, 6.45) is -0.677. The normalized spacial score (nSPS) is 14.6. The predicted molar refractivity (Wildman–Crippen MR) is 121 cm³/mol. The fourth-order valence-electron chi connectivity index (χ4n) is 2.99. The van der Waals surface area contributed by atoms with E-state index < -0.39 is 65.7 Å². The Kier molecular flexibility index (Phi) is 13.4. The molecule has 0 rings (SSSR count). The van der Waals surface area contributed by atoms with Gasteiger partial charge in [-0.25, -0.2) is 4.79 Å². The summed E-state index contributed by atoms with van der Waals surface area (Å²) in [6.45, 7) is 6.92. The second-order valence-electron chi connectivity index (χ2n) is 8.86. The third kappa shape index (κ3) is 12.1. The minimum atomic E-state index is -1.38. The van der Waals surface area contributed by atoms with Gasteiger partial charge in [-0.3, -0.25) is 24.0 Å². The van der Waals surface area contributed by atoms with Gasteiger partial charge in [0.25, 0.3) is 0 Å². The van der Waals surface area contributed by atoms with Gasteiger partial charge in [-0.2, -0.15) is 0 Å². The van der Waals surface area contributed by atoms with E-state index in [2.05, 4.69) is 16.0 Å². The summed E-state index contributed by atoms with van der Waals surface area (Å²) in [7, 11) is 0. The Bertz CT molecular complexity index is 755. The third-order valence-electron chi connectivity index (χ3n) is 4.89. The van der Waals surface area contributed by atoms with Crippen LogP contribution in [0.3, 0.4) is 0 Å². The van der Waals surface area contributed by atoms with Crippen LogP contribution in [-0.2, 0) is 28.8 Å². The van der Waals surface area contributed by atoms with E-state index in [9.17, 15) is 33.9 Å². The van der Waals surface area contributed by atoms with Gasteiger partial charge in [0.2, 0.25) is 23.6 Å². The van der Waals surface area contributed by atoms with Gasteiger partial charge in [0, 0.05) is 12.8 Å². The molecule has 0 aliphatic carbocycles. The van der Waals surface area contributed by atoms with Crippen molar-refractivity contribution in [3.8, 4) is 0 Å². The summed E-state index contributed by atoms with van der Waals surface area (Å²) in [6, 6.07) is -4.70. The Labute approximate surface area is 198 Å². The fourth-order valence-corrected chi connectivity index (χ4v) is 2.99. The molecule has 0 aromatic carbocycles. The topological polar surface area (TPSA) is 231 Å². The van der Waals surface area contributed by atoms with Crippen LogP contribution < -0.4 is 27.4 Å². The van der Waals surface area contributed by atoms with Crippen molar-refractivity contribution >= 4 is 35.6 Å². The van der Waals surface area contributed by atoms with Gasteiger partial charge in [0.15, 0.2) is 0 Å². The van der Waals surface area contributed by atoms with E-state index >= 15 is 0 Å². The number of carbonyl (C=O) groups is 6. The van der Waals surface area contributed by atoms with Gasteiger partial charge in [-0.05, 0) is 31.1 Å². The van der Waals surface area contributed by atoms with Gasteiger partial charge < -0.3 is 37.6 Å². The molecule has 0 aliphatic heterocycles. The molecule has 13 heteroatoms. The molecule has 4 atom stereocenters. The van der Waals surface area contributed by atoms with Crippen LogP contribution in [0.15, 0.2) is 0 Å². The zero-order valence-corrected chi connectivity index (χ0v) is 20.0. The van der Waals surface area contributed by atoms with Gasteiger partial charge >= 0.3 is 11.9 Å². The molecule has 0 saturated carbocycles. The Balaban J connectivity index is 5.40. The van der Waals surface area contributed by atoms with Gasteiger partial charge in [-0.1, -0.05) is 27.7 Å². The van der Waals surface area contributed by atoms with Crippen LogP contribution in [0.1, 0.15) is 59.8 Å². The van der Waals surface area contributed by atoms with Crippen molar-refractivity contribution in [2.24, 2.45) is 23.3 Å². The molecule has 194 valence electrons. The average molecular weight is 488 g/mol. The summed E-state index contributed by atoms with van der Waals surface area (Å²) < 4.78 is 0. The third-order valence-corrected chi connectivity index (χ3v) is 4.89. The Morgan fingerprint density at radius 1 is 0.765 bits per heavy atom. The lowest BCUT2D eigenvalue weighted by atomic mass is 9.99. The maximum Gasteiger partial charge on any atom is 0.326 e. The van der Waals surface area contributed by atoms with Crippen molar-refractivity contribution in [2.75, 3.05) is 0 Å². The fraction of sp³-hybridized carbons (Fsp3) is 0.714. The Morgan fingerprint density at radius 3 is 1.76 bits per heavy atom. The standard InChI is InChI=1S/C21H37N5O8/c1-10(2)9-14(25-18(30)12(22)5-8-16(28)29)19(31)26-17(11(3)4)20(32)24-13(21(33)34)6-7-15(23)27/h10-14,17H,5-9,22H2,1-4H3,(H2,23,27)(H,24,32)(H,25,30)(H,26,31)(H,28,29)(H,33,34).